The lowest BCUT2D eigenvalue weighted by Crippen LogP contribution is -2.43. The van der Waals surface area contributed by atoms with Gasteiger partial charge in [-0.15, -0.1) is 11.8 Å². The molecule has 1 unspecified atom stereocenters. The van der Waals surface area contributed by atoms with E-state index in [-0.39, 0.29) is 17.1 Å². The number of amides is 2. The number of hydrazine groups is 1. The minimum Gasteiger partial charge on any atom is -0.369 e. The van der Waals surface area contributed by atoms with Gasteiger partial charge in [0.25, 0.3) is 0 Å². The third-order valence-corrected chi connectivity index (χ3v) is 5.90. The summed E-state index contributed by atoms with van der Waals surface area (Å²) >= 11 is 1.53. The lowest BCUT2D eigenvalue weighted by molar-refractivity contribution is -0.138. The second-order valence-electron chi connectivity index (χ2n) is 6.40. The fraction of sp³-hybridized carbons (Fsp3) is 0.812. The Balaban J connectivity index is 1.66. The fourth-order valence-electron chi connectivity index (χ4n) is 3.27. The molecule has 1 heterocycles. The van der Waals surface area contributed by atoms with Crippen molar-refractivity contribution < 1.29 is 9.59 Å². The van der Waals surface area contributed by atoms with Gasteiger partial charge in [-0.3, -0.25) is 24.9 Å². The normalized spacial score (nSPS) is 23.1. The van der Waals surface area contributed by atoms with Crippen LogP contribution in [0.5, 0.6) is 0 Å². The van der Waals surface area contributed by atoms with E-state index in [0.29, 0.717) is 31.4 Å². The van der Waals surface area contributed by atoms with Crippen molar-refractivity contribution in [1.29, 1.82) is 0 Å². The molecule has 0 aromatic rings. The Morgan fingerprint density at radius 1 is 1.33 bits per heavy atom. The van der Waals surface area contributed by atoms with Crippen LogP contribution in [0, 0.1) is 5.92 Å². The number of carbonyl (C=O) groups excluding carboxylic acids is 2. The first-order valence-electron chi connectivity index (χ1n) is 8.78. The van der Waals surface area contributed by atoms with E-state index < -0.39 is 0 Å². The maximum Gasteiger partial charge on any atom is 0.242 e. The van der Waals surface area contributed by atoms with Crippen molar-refractivity contribution in [1.82, 2.24) is 15.8 Å². The number of carbonyl (C=O) groups is 2. The van der Waals surface area contributed by atoms with Gasteiger partial charge in [-0.25, -0.2) is 5.43 Å². The Morgan fingerprint density at radius 2 is 2.08 bits per heavy atom. The Kier molecular flexibility index (Phi) is 7.84. The van der Waals surface area contributed by atoms with Gasteiger partial charge < -0.3 is 5.73 Å². The van der Waals surface area contributed by atoms with Crippen molar-refractivity contribution in [3.05, 3.63) is 0 Å². The van der Waals surface area contributed by atoms with Crippen LogP contribution in [0.25, 0.3) is 0 Å². The lowest BCUT2D eigenvalue weighted by Gasteiger charge is -2.23. The molecule has 7 nitrogen and oxygen atoms in total. The highest BCUT2D eigenvalue weighted by Gasteiger charge is 2.38. The van der Waals surface area contributed by atoms with Crippen LogP contribution >= 0.6 is 11.8 Å². The van der Waals surface area contributed by atoms with Gasteiger partial charge in [0.1, 0.15) is 0 Å². The number of nitrogens with two attached hydrogens (primary N) is 1. The van der Waals surface area contributed by atoms with E-state index in [4.69, 9.17) is 5.73 Å². The molecule has 1 atom stereocenters. The van der Waals surface area contributed by atoms with Crippen LogP contribution in [0.4, 0.5) is 0 Å². The summed E-state index contributed by atoms with van der Waals surface area (Å²) in [6, 6.07) is 0. The van der Waals surface area contributed by atoms with Crippen LogP contribution in [0.15, 0.2) is 4.99 Å². The minimum absolute atomic E-state index is 0.0107. The second kappa shape index (κ2) is 9.88. The largest absolute Gasteiger partial charge is 0.369 e. The summed E-state index contributed by atoms with van der Waals surface area (Å²) in [7, 11) is 1.60. The molecule has 0 spiro atoms. The predicted molar refractivity (Wildman–Crippen MR) is 97.5 cm³/mol. The fourth-order valence-corrected chi connectivity index (χ4v) is 4.30. The molecule has 2 aliphatic rings. The van der Waals surface area contributed by atoms with E-state index in [1.165, 1.54) is 48.8 Å². The Morgan fingerprint density at radius 3 is 2.79 bits per heavy atom. The molecule has 8 heteroatoms. The van der Waals surface area contributed by atoms with Gasteiger partial charge in [0, 0.05) is 32.3 Å². The molecule has 1 aliphatic carbocycles. The number of rotatable bonds is 8. The highest BCUT2D eigenvalue weighted by Crippen LogP contribution is 2.29. The van der Waals surface area contributed by atoms with E-state index in [1.807, 2.05) is 0 Å². The molecule has 1 saturated heterocycles. The molecular formula is C16H29N5O2S. The predicted octanol–water partition coefficient (Wildman–Crippen LogP) is 0.856. The number of thioether (sulfide) groups is 1. The summed E-state index contributed by atoms with van der Waals surface area (Å²) in [6.45, 7) is 1.24. The van der Waals surface area contributed by atoms with E-state index in [1.54, 1.807) is 7.05 Å². The molecule has 2 rings (SSSR count). The molecule has 24 heavy (non-hydrogen) atoms. The summed E-state index contributed by atoms with van der Waals surface area (Å²) in [5.74, 6) is 1.71. The second-order valence-corrected chi connectivity index (χ2v) is 7.71. The smallest absolute Gasteiger partial charge is 0.242 e. The van der Waals surface area contributed by atoms with E-state index >= 15 is 0 Å². The zero-order valence-corrected chi connectivity index (χ0v) is 15.2. The van der Waals surface area contributed by atoms with Gasteiger partial charge in [0.15, 0.2) is 0 Å². The number of hydrogen-bond donors (Lipinski definition) is 3. The molecule has 0 aromatic heterocycles. The van der Waals surface area contributed by atoms with Crippen molar-refractivity contribution in [2.75, 3.05) is 25.9 Å². The van der Waals surface area contributed by atoms with Crippen LogP contribution < -0.4 is 16.6 Å². The zero-order chi connectivity index (χ0) is 17.4. The van der Waals surface area contributed by atoms with E-state index in [9.17, 15) is 9.59 Å². The summed E-state index contributed by atoms with van der Waals surface area (Å²) in [6.07, 6.45) is 7.71. The average Bonchev–Trinajstić information content (AvgIpc) is 2.87. The monoisotopic (exact) mass is 355 g/mol. The molecule has 0 bridgehead atoms. The summed E-state index contributed by atoms with van der Waals surface area (Å²) in [4.78, 5) is 29.8. The zero-order valence-electron chi connectivity index (χ0n) is 14.4. The molecule has 4 N–H and O–H groups in total. The Hall–Kier alpha value is -1.28. The molecule has 2 amide bonds. The van der Waals surface area contributed by atoms with Crippen LogP contribution in [0.3, 0.4) is 0 Å². The van der Waals surface area contributed by atoms with Crippen molar-refractivity contribution in [3.63, 3.8) is 0 Å². The quantitative estimate of drug-likeness (QED) is 0.196. The average molecular weight is 356 g/mol. The van der Waals surface area contributed by atoms with Gasteiger partial charge in [0.05, 0.1) is 5.25 Å². The molecule has 136 valence electrons. The van der Waals surface area contributed by atoms with Gasteiger partial charge in [-0.2, -0.15) is 0 Å². The number of imide groups is 1. The standard InChI is InChI=1S/C16H29N5O2S/c1-18-16(17)20-19-8-10-24-13-11-14(22)21(15(13)23)9-7-12-5-3-2-4-6-12/h12-13,19H,2-11H2,1H3,(H3,17,18,20). The van der Waals surface area contributed by atoms with Crippen LogP contribution in [0.1, 0.15) is 44.9 Å². The van der Waals surface area contributed by atoms with Crippen LogP contribution in [0.2, 0.25) is 0 Å². The number of guanidine groups is 1. The molecule has 2 fully saturated rings. The maximum atomic E-state index is 12.4. The number of nitrogens with zero attached hydrogens (tertiary/aromatic N) is 2. The summed E-state index contributed by atoms with van der Waals surface area (Å²) in [5.41, 5.74) is 11.2. The van der Waals surface area contributed by atoms with Gasteiger partial charge in [-0.1, -0.05) is 32.1 Å². The van der Waals surface area contributed by atoms with Gasteiger partial charge >= 0.3 is 0 Å². The summed E-state index contributed by atoms with van der Waals surface area (Å²) < 4.78 is 0. The molecule has 1 aliphatic heterocycles. The molecular weight excluding hydrogens is 326 g/mol. The highest BCUT2D eigenvalue weighted by molar-refractivity contribution is 8.00. The maximum absolute atomic E-state index is 12.4. The molecule has 0 radical (unpaired) electrons. The van der Waals surface area contributed by atoms with Crippen molar-refractivity contribution in [2.45, 2.75) is 50.2 Å². The van der Waals surface area contributed by atoms with Gasteiger partial charge in [-0.05, 0) is 12.3 Å². The van der Waals surface area contributed by atoms with Crippen LogP contribution in [-0.2, 0) is 9.59 Å². The minimum atomic E-state index is -0.233. The highest BCUT2D eigenvalue weighted by atomic mass is 32.2. The third-order valence-electron chi connectivity index (χ3n) is 4.69. The molecule has 1 saturated carbocycles. The van der Waals surface area contributed by atoms with Crippen molar-refractivity contribution in [3.8, 4) is 0 Å². The number of aliphatic imine (C=N–C) groups is 1. The first kappa shape index (κ1) is 19.1. The van der Waals surface area contributed by atoms with Crippen molar-refractivity contribution in [2.24, 2.45) is 16.6 Å². The Labute approximate surface area is 148 Å². The van der Waals surface area contributed by atoms with E-state index in [2.05, 4.69) is 15.8 Å². The number of hydrogen-bond acceptors (Lipinski definition) is 5. The van der Waals surface area contributed by atoms with Crippen molar-refractivity contribution >= 4 is 29.5 Å². The number of likely N-dealkylation sites (tertiary alicyclic amines) is 1. The number of nitrogens with one attached hydrogen (secondary N) is 2. The topological polar surface area (TPSA) is 99.8 Å². The SMILES string of the molecule is CN=C(N)NNCCSC1CC(=O)N(CCC2CCCCC2)C1=O. The first-order valence-corrected chi connectivity index (χ1v) is 9.83. The molecule has 0 aromatic carbocycles. The van der Waals surface area contributed by atoms with E-state index in [0.717, 1.165) is 12.2 Å². The van der Waals surface area contributed by atoms with Gasteiger partial charge in [0.2, 0.25) is 17.8 Å². The summed E-state index contributed by atoms with van der Waals surface area (Å²) in [5, 5.41) is -0.233. The third kappa shape index (κ3) is 5.66. The lowest BCUT2D eigenvalue weighted by atomic mass is 9.87. The van der Waals surface area contributed by atoms with Crippen LogP contribution in [-0.4, -0.2) is 53.8 Å². The Bertz CT molecular complexity index is 465. The first-order chi connectivity index (χ1) is 11.6.